The maximum absolute atomic E-state index is 11.8. The predicted molar refractivity (Wildman–Crippen MR) is 66.7 cm³/mol. The van der Waals surface area contributed by atoms with Gasteiger partial charge in [0.1, 0.15) is 10.3 Å². The number of aromatic nitrogens is 3. The first kappa shape index (κ1) is 11.7. The van der Waals surface area contributed by atoms with Crippen molar-refractivity contribution in [1.82, 2.24) is 15.0 Å². The van der Waals surface area contributed by atoms with Crippen LogP contribution in [0.2, 0.25) is 0 Å². The molecule has 2 heterocycles. The molecule has 0 aliphatic heterocycles. The van der Waals surface area contributed by atoms with Crippen LogP contribution in [0.5, 0.6) is 0 Å². The van der Waals surface area contributed by atoms with Crippen molar-refractivity contribution in [2.75, 3.05) is 5.32 Å². The number of hydrogen-bond acceptors (Lipinski definition) is 4. The van der Waals surface area contributed by atoms with Crippen LogP contribution in [0, 0.1) is 6.92 Å². The molecule has 0 radical (unpaired) electrons. The number of carbonyl (C=O) groups excluding carboxylic acids is 1. The van der Waals surface area contributed by atoms with Gasteiger partial charge in [-0.3, -0.25) is 9.78 Å². The van der Waals surface area contributed by atoms with E-state index in [0.717, 1.165) is 10.2 Å². The van der Waals surface area contributed by atoms with E-state index in [1.807, 2.05) is 13.0 Å². The van der Waals surface area contributed by atoms with E-state index in [0.29, 0.717) is 5.69 Å². The van der Waals surface area contributed by atoms with Crippen LogP contribution in [-0.4, -0.2) is 20.9 Å². The van der Waals surface area contributed by atoms with E-state index in [-0.39, 0.29) is 11.6 Å². The van der Waals surface area contributed by atoms with E-state index in [4.69, 9.17) is 0 Å². The summed E-state index contributed by atoms with van der Waals surface area (Å²) in [6.07, 6.45) is 5.97. The van der Waals surface area contributed by atoms with Gasteiger partial charge in [-0.15, -0.1) is 0 Å². The number of nitrogens with one attached hydrogen (secondary N) is 1. The summed E-state index contributed by atoms with van der Waals surface area (Å²) in [7, 11) is 0. The molecule has 1 N–H and O–H groups in total. The van der Waals surface area contributed by atoms with Gasteiger partial charge in [-0.2, -0.15) is 0 Å². The Balaban J connectivity index is 2.16. The SMILES string of the molecule is Cc1cc(NC(=O)c2cnccn2)cnc1Br. The Labute approximate surface area is 106 Å². The summed E-state index contributed by atoms with van der Waals surface area (Å²) in [5.41, 5.74) is 1.84. The lowest BCUT2D eigenvalue weighted by atomic mass is 10.3. The average molecular weight is 293 g/mol. The number of hydrogen-bond donors (Lipinski definition) is 1. The lowest BCUT2D eigenvalue weighted by Gasteiger charge is -2.05. The second-order valence-electron chi connectivity index (χ2n) is 3.38. The zero-order valence-corrected chi connectivity index (χ0v) is 10.6. The van der Waals surface area contributed by atoms with Gasteiger partial charge >= 0.3 is 0 Å². The highest BCUT2D eigenvalue weighted by Gasteiger charge is 2.08. The molecule has 0 atom stereocenters. The highest BCUT2D eigenvalue weighted by molar-refractivity contribution is 9.10. The largest absolute Gasteiger partial charge is 0.319 e. The third-order valence-corrected chi connectivity index (χ3v) is 2.90. The van der Waals surface area contributed by atoms with Gasteiger partial charge in [0.2, 0.25) is 0 Å². The quantitative estimate of drug-likeness (QED) is 0.862. The minimum Gasteiger partial charge on any atom is -0.319 e. The fourth-order valence-electron chi connectivity index (χ4n) is 1.24. The van der Waals surface area contributed by atoms with Crippen molar-refractivity contribution in [3.63, 3.8) is 0 Å². The minimum atomic E-state index is -0.304. The molecule has 2 aromatic heterocycles. The Kier molecular flexibility index (Phi) is 3.43. The summed E-state index contributed by atoms with van der Waals surface area (Å²) in [4.78, 5) is 23.6. The second-order valence-corrected chi connectivity index (χ2v) is 4.13. The van der Waals surface area contributed by atoms with Crippen molar-refractivity contribution < 1.29 is 4.79 Å². The maximum atomic E-state index is 11.8. The first-order valence-electron chi connectivity index (χ1n) is 4.86. The van der Waals surface area contributed by atoms with Crippen molar-refractivity contribution >= 4 is 27.5 Å². The van der Waals surface area contributed by atoms with Gasteiger partial charge in [0.25, 0.3) is 5.91 Å². The van der Waals surface area contributed by atoms with Gasteiger partial charge < -0.3 is 5.32 Å². The topological polar surface area (TPSA) is 67.8 Å². The molecule has 2 rings (SSSR count). The average Bonchev–Trinajstić information content (AvgIpc) is 2.35. The van der Waals surface area contributed by atoms with Gasteiger partial charge in [-0.25, -0.2) is 9.97 Å². The number of amides is 1. The number of rotatable bonds is 2. The Morgan fingerprint density at radius 1 is 1.29 bits per heavy atom. The van der Waals surface area contributed by atoms with Crippen molar-refractivity contribution in [2.45, 2.75) is 6.92 Å². The lowest BCUT2D eigenvalue weighted by Crippen LogP contribution is -2.14. The number of halogens is 1. The molecule has 0 bridgehead atoms. The van der Waals surface area contributed by atoms with Crippen LogP contribution in [0.15, 0.2) is 35.5 Å². The number of pyridine rings is 1. The van der Waals surface area contributed by atoms with Crippen LogP contribution in [0.4, 0.5) is 5.69 Å². The molecule has 0 spiro atoms. The van der Waals surface area contributed by atoms with Crippen LogP contribution in [0.3, 0.4) is 0 Å². The molecule has 2 aromatic rings. The Hall–Kier alpha value is -1.82. The van der Waals surface area contributed by atoms with Crippen molar-refractivity contribution in [1.29, 1.82) is 0 Å². The maximum Gasteiger partial charge on any atom is 0.275 e. The van der Waals surface area contributed by atoms with Gasteiger partial charge in [-0.1, -0.05) is 0 Å². The van der Waals surface area contributed by atoms with Crippen LogP contribution < -0.4 is 5.32 Å². The smallest absolute Gasteiger partial charge is 0.275 e. The molecule has 1 amide bonds. The molecule has 0 aliphatic rings. The number of anilines is 1. The molecular formula is C11H9BrN4O. The molecule has 0 aliphatic carbocycles. The molecular weight excluding hydrogens is 284 g/mol. The Bertz CT molecular complexity index is 544. The number of carbonyl (C=O) groups is 1. The zero-order chi connectivity index (χ0) is 12.3. The fourth-order valence-corrected chi connectivity index (χ4v) is 1.45. The summed E-state index contributed by atoms with van der Waals surface area (Å²) in [6.45, 7) is 1.90. The van der Waals surface area contributed by atoms with E-state index in [2.05, 4.69) is 36.2 Å². The van der Waals surface area contributed by atoms with Crippen LogP contribution in [-0.2, 0) is 0 Å². The molecule has 6 heteroatoms. The summed E-state index contributed by atoms with van der Waals surface area (Å²) in [5.74, 6) is -0.304. The fraction of sp³-hybridized carbons (Fsp3) is 0.0909. The molecule has 0 saturated heterocycles. The molecule has 0 unspecified atom stereocenters. The highest BCUT2D eigenvalue weighted by atomic mass is 79.9. The van der Waals surface area contributed by atoms with Crippen LogP contribution in [0.1, 0.15) is 16.1 Å². The Morgan fingerprint density at radius 2 is 2.12 bits per heavy atom. The van der Waals surface area contributed by atoms with Gasteiger partial charge in [0.15, 0.2) is 0 Å². The second kappa shape index (κ2) is 5.01. The Morgan fingerprint density at radius 3 is 2.76 bits per heavy atom. The van der Waals surface area contributed by atoms with Crippen LogP contribution >= 0.6 is 15.9 Å². The molecule has 86 valence electrons. The number of aryl methyl sites for hydroxylation is 1. The molecule has 0 saturated carbocycles. The normalized spacial score (nSPS) is 10.0. The first-order chi connectivity index (χ1) is 8.16. The van der Waals surface area contributed by atoms with E-state index >= 15 is 0 Å². The van der Waals surface area contributed by atoms with Crippen molar-refractivity contribution in [3.8, 4) is 0 Å². The molecule has 17 heavy (non-hydrogen) atoms. The predicted octanol–water partition coefficient (Wildman–Crippen LogP) is 2.19. The van der Waals surface area contributed by atoms with E-state index in [1.54, 1.807) is 6.20 Å². The van der Waals surface area contributed by atoms with E-state index in [1.165, 1.54) is 18.6 Å². The summed E-state index contributed by atoms with van der Waals surface area (Å²) in [6, 6.07) is 1.82. The summed E-state index contributed by atoms with van der Waals surface area (Å²) >= 11 is 3.29. The minimum absolute atomic E-state index is 0.271. The van der Waals surface area contributed by atoms with E-state index < -0.39 is 0 Å². The highest BCUT2D eigenvalue weighted by Crippen LogP contribution is 2.16. The third kappa shape index (κ3) is 2.85. The first-order valence-corrected chi connectivity index (χ1v) is 5.65. The monoisotopic (exact) mass is 292 g/mol. The molecule has 5 nitrogen and oxygen atoms in total. The summed E-state index contributed by atoms with van der Waals surface area (Å²) < 4.78 is 0.759. The third-order valence-electron chi connectivity index (χ3n) is 2.07. The standard InChI is InChI=1S/C11H9BrN4O/c1-7-4-8(5-15-10(7)12)16-11(17)9-6-13-2-3-14-9/h2-6H,1H3,(H,16,17). The number of nitrogens with zero attached hydrogens (tertiary/aromatic N) is 3. The lowest BCUT2D eigenvalue weighted by molar-refractivity contribution is 0.102. The van der Waals surface area contributed by atoms with Gasteiger partial charge in [-0.05, 0) is 34.5 Å². The molecule has 0 aromatic carbocycles. The van der Waals surface area contributed by atoms with E-state index in [9.17, 15) is 4.79 Å². The van der Waals surface area contributed by atoms with Crippen LogP contribution in [0.25, 0.3) is 0 Å². The zero-order valence-electron chi connectivity index (χ0n) is 9.01. The van der Waals surface area contributed by atoms with Gasteiger partial charge in [0.05, 0.1) is 18.1 Å². The van der Waals surface area contributed by atoms with Gasteiger partial charge in [0, 0.05) is 12.4 Å². The summed E-state index contributed by atoms with van der Waals surface area (Å²) in [5, 5.41) is 2.70. The molecule has 0 fully saturated rings. The van der Waals surface area contributed by atoms with Crippen molar-refractivity contribution in [2.24, 2.45) is 0 Å². The van der Waals surface area contributed by atoms with Crippen molar-refractivity contribution in [3.05, 3.63) is 46.7 Å².